The van der Waals surface area contributed by atoms with E-state index in [1.807, 2.05) is 18.2 Å². The summed E-state index contributed by atoms with van der Waals surface area (Å²) in [5, 5.41) is 13.6. The smallest absolute Gasteiger partial charge is 0.271 e. The molecule has 0 saturated heterocycles. The van der Waals surface area contributed by atoms with Crippen LogP contribution in [0.2, 0.25) is 0 Å². The van der Waals surface area contributed by atoms with E-state index in [4.69, 9.17) is 14.2 Å². The SMILES string of the molecule is COc1ccc([C@H]2C(C(=O)Nc3ccccc3)=C(C)N=c3s/c(=C\c4cc(Br)cc(OC)c4O)c(=O)n32)cc1OC. The number of carbonyl (C=O) groups excluding carboxylic acids is 1. The Morgan fingerprint density at radius 1 is 1.02 bits per heavy atom. The number of rotatable bonds is 7. The molecule has 0 fully saturated rings. The number of benzene rings is 3. The Kier molecular flexibility index (Phi) is 8.00. The number of aromatic hydroxyl groups is 1. The number of carbonyl (C=O) groups is 1. The lowest BCUT2D eigenvalue weighted by Crippen LogP contribution is -2.40. The quantitative estimate of drug-likeness (QED) is 0.312. The Morgan fingerprint density at radius 3 is 2.41 bits per heavy atom. The van der Waals surface area contributed by atoms with Gasteiger partial charge in [0.15, 0.2) is 27.8 Å². The van der Waals surface area contributed by atoms with Gasteiger partial charge in [0.1, 0.15) is 0 Å². The van der Waals surface area contributed by atoms with Crippen LogP contribution >= 0.6 is 27.3 Å². The summed E-state index contributed by atoms with van der Waals surface area (Å²) in [5.74, 6) is 0.741. The first kappa shape index (κ1) is 28.2. The topological polar surface area (TPSA) is 111 Å². The lowest BCUT2D eigenvalue weighted by atomic mass is 9.94. The molecule has 5 rings (SSSR count). The number of para-hydroxylation sites is 1. The monoisotopic (exact) mass is 635 g/mol. The highest BCUT2D eigenvalue weighted by Crippen LogP contribution is 2.37. The summed E-state index contributed by atoms with van der Waals surface area (Å²) >= 11 is 4.58. The number of anilines is 1. The predicted octanol–water partition coefficient (Wildman–Crippen LogP) is 4.37. The number of thiazole rings is 1. The van der Waals surface area contributed by atoms with E-state index in [-0.39, 0.29) is 23.0 Å². The number of nitrogens with one attached hydrogen (secondary N) is 1. The fourth-order valence-electron chi connectivity index (χ4n) is 4.67. The number of phenols is 1. The van der Waals surface area contributed by atoms with Gasteiger partial charge in [0.2, 0.25) is 0 Å². The van der Waals surface area contributed by atoms with Crippen LogP contribution < -0.4 is 34.4 Å². The second kappa shape index (κ2) is 11.6. The van der Waals surface area contributed by atoms with Crippen LogP contribution in [0.15, 0.2) is 86.2 Å². The maximum Gasteiger partial charge on any atom is 0.271 e. The standard InChI is InChI=1S/C30H26BrN3O6S/c1-16-25(28(36)33-20-8-6-5-7-9-20)26(17-10-11-21(38-2)22(13-17)39-3)34-29(37)24(41-30(34)32-16)14-18-12-19(31)15-23(40-4)27(18)35/h5-15,26,35H,1-4H3,(H,33,36)/b24-14-/t26-/m0/s1. The average Bonchev–Trinajstić information content (AvgIpc) is 3.27. The van der Waals surface area contributed by atoms with Crippen LogP contribution in [-0.2, 0) is 4.79 Å². The summed E-state index contributed by atoms with van der Waals surface area (Å²) in [5.41, 5.74) is 2.05. The molecule has 210 valence electrons. The van der Waals surface area contributed by atoms with Gasteiger partial charge >= 0.3 is 0 Å². The predicted molar refractivity (Wildman–Crippen MR) is 161 cm³/mol. The number of nitrogens with zero attached hydrogens (tertiary/aromatic N) is 2. The summed E-state index contributed by atoms with van der Waals surface area (Å²) in [6.45, 7) is 1.75. The van der Waals surface area contributed by atoms with E-state index in [0.29, 0.717) is 53.4 Å². The molecule has 2 heterocycles. The van der Waals surface area contributed by atoms with E-state index >= 15 is 0 Å². The number of fused-ring (bicyclic) bond motifs is 1. The van der Waals surface area contributed by atoms with Gasteiger partial charge in [-0.05, 0) is 55.0 Å². The Hall–Kier alpha value is -4.35. The highest BCUT2D eigenvalue weighted by Gasteiger charge is 2.33. The van der Waals surface area contributed by atoms with Gasteiger partial charge < -0.3 is 24.6 Å². The maximum absolute atomic E-state index is 14.0. The summed E-state index contributed by atoms with van der Waals surface area (Å²) in [7, 11) is 4.51. The van der Waals surface area contributed by atoms with Crippen LogP contribution in [0.1, 0.15) is 24.1 Å². The molecular weight excluding hydrogens is 610 g/mol. The number of allylic oxidation sites excluding steroid dienone is 1. The first-order valence-corrected chi connectivity index (χ1v) is 14.0. The first-order valence-electron chi connectivity index (χ1n) is 12.4. The lowest BCUT2D eigenvalue weighted by Gasteiger charge is -2.26. The molecule has 0 radical (unpaired) electrons. The van der Waals surface area contributed by atoms with Crippen molar-refractivity contribution in [1.82, 2.24) is 4.57 Å². The number of ether oxygens (including phenoxy) is 3. The molecule has 0 spiro atoms. The summed E-state index contributed by atoms with van der Waals surface area (Å²) in [4.78, 5) is 32.8. The highest BCUT2D eigenvalue weighted by atomic mass is 79.9. The molecule has 1 atom stereocenters. The molecule has 2 N–H and O–H groups in total. The Morgan fingerprint density at radius 2 is 1.73 bits per heavy atom. The zero-order valence-corrected chi connectivity index (χ0v) is 25.0. The number of amides is 1. The molecule has 9 nitrogen and oxygen atoms in total. The van der Waals surface area contributed by atoms with Gasteiger partial charge in [0, 0.05) is 15.7 Å². The maximum atomic E-state index is 14.0. The first-order chi connectivity index (χ1) is 19.7. The number of phenolic OH excluding ortho intramolecular Hbond substituents is 1. The zero-order chi connectivity index (χ0) is 29.3. The van der Waals surface area contributed by atoms with Gasteiger partial charge in [-0.2, -0.15) is 0 Å². The van der Waals surface area contributed by atoms with Gasteiger partial charge in [0.05, 0.1) is 43.2 Å². The van der Waals surface area contributed by atoms with Crippen molar-refractivity contribution in [2.75, 3.05) is 26.6 Å². The molecule has 41 heavy (non-hydrogen) atoms. The second-order valence-electron chi connectivity index (χ2n) is 9.06. The van der Waals surface area contributed by atoms with Gasteiger partial charge in [-0.1, -0.05) is 51.5 Å². The third-order valence-corrected chi connectivity index (χ3v) is 8.04. The molecular formula is C30H26BrN3O6S. The molecule has 1 amide bonds. The third kappa shape index (κ3) is 5.38. The molecule has 3 aromatic carbocycles. The van der Waals surface area contributed by atoms with E-state index in [2.05, 4.69) is 26.2 Å². The minimum Gasteiger partial charge on any atom is -0.504 e. The molecule has 0 aliphatic carbocycles. The van der Waals surface area contributed by atoms with Crippen LogP contribution in [0, 0.1) is 0 Å². The van der Waals surface area contributed by atoms with E-state index in [1.165, 1.54) is 25.9 Å². The van der Waals surface area contributed by atoms with Gasteiger partial charge in [-0.15, -0.1) is 0 Å². The molecule has 4 aromatic rings. The highest BCUT2D eigenvalue weighted by molar-refractivity contribution is 9.10. The van der Waals surface area contributed by atoms with Crippen LogP contribution in [0.3, 0.4) is 0 Å². The fraction of sp³-hybridized carbons (Fsp3) is 0.167. The van der Waals surface area contributed by atoms with Crippen molar-refractivity contribution in [2.24, 2.45) is 4.99 Å². The molecule has 1 aromatic heterocycles. The minimum atomic E-state index is -0.817. The second-order valence-corrected chi connectivity index (χ2v) is 11.0. The Balaban J connectivity index is 1.72. The lowest BCUT2D eigenvalue weighted by molar-refractivity contribution is -0.113. The number of methoxy groups -OCH3 is 3. The van der Waals surface area contributed by atoms with Gasteiger partial charge in [-0.3, -0.25) is 14.2 Å². The van der Waals surface area contributed by atoms with Crippen LogP contribution in [-0.4, -0.2) is 36.9 Å². The number of hydrogen-bond donors (Lipinski definition) is 2. The molecule has 1 aliphatic heterocycles. The van der Waals surface area contributed by atoms with E-state index in [9.17, 15) is 14.7 Å². The van der Waals surface area contributed by atoms with Crippen LogP contribution in [0.5, 0.6) is 23.0 Å². The van der Waals surface area contributed by atoms with Gasteiger partial charge in [0.25, 0.3) is 11.5 Å². The van der Waals surface area contributed by atoms with Crippen molar-refractivity contribution in [1.29, 1.82) is 0 Å². The third-order valence-electron chi connectivity index (χ3n) is 6.60. The molecule has 0 bridgehead atoms. The van der Waals surface area contributed by atoms with Crippen molar-refractivity contribution >= 4 is 44.9 Å². The van der Waals surface area contributed by atoms with Gasteiger partial charge in [-0.25, -0.2) is 4.99 Å². The van der Waals surface area contributed by atoms with Crippen molar-refractivity contribution < 1.29 is 24.1 Å². The largest absolute Gasteiger partial charge is 0.504 e. The summed E-state index contributed by atoms with van der Waals surface area (Å²) in [6, 6.07) is 16.9. The van der Waals surface area contributed by atoms with Crippen LogP contribution in [0.25, 0.3) is 6.08 Å². The average molecular weight is 637 g/mol. The minimum absolute atomic E-state index is 0.0999. The molecule has 1 aliphatic rings. The molecule has 0 unspecified atom stereocenters. The van der Waals surface area contributed by atoms with Crippen molar-refractivity contribution in [3.63, 3.8) is 0 Å². The summed E-state index contributed by atoms with van der Waals surface area (Å²) < 4.78 is 18.7. The van der Waals surface area contributed by atoms with E-state index in [1.54, 1.807) is 55.5 Å². The Labute approximate surface area is 247 Å². The fourth-order valence-corrected chi connectivity index (χ4v) is 6.16. The van der Waals surface area contributed by atoms with Crippen LogP contribution in [0.4, 0.5) is 5.69 Å². The molecule has 0 saturated carbocycles. The Bertz CT molecular complexity index is 1860. The summed E-state index contributed by atoms with van der Waals surface area (Å²) in [6.07, 6.45) is 1.58. The van der Waals surface area contributed by atoms with Crippen molar-refractivity contribution in [2.45, 2.75) is 13.0 Å². The normalized spacial score (nSPS) is 14.8. The number of halogens is 1. The number of aromatic nitrogens is 1. The zero-order valence-electron chi connectivity index (χ0n) is 22.6. The van der Waals surface area contributed by atoms with E-state index < -0.39 is 6.04 Å². The van der Waals surface area contributed by atoms with Crippen molar-refractivity contribution in [3.8, 4) is 23.0 Å². The van der Waals surface area contributed by atoms with Crippen molar-refractivity contribution in [3.05, 3.63) is 107 Å². The molecule has 11 heteroatoms. The number of hydrogen-bond acceptors (Lipinski definition) is 8. The van der Waals surface area contributed by atoms with E-state index in [0.717, 1.165) is 11.3 Å².